The summed E-state index contributed by atoms with van der Waals surface area (Å²) in [6.07, 6.45) is 0. The van der Waals surface area contributed by atoms with E-state index in [0.29, 0.717) is 5.56 Å². The Morgan fingerprint density at radius 2 is 1.81 bits per heavy atom. The number of amides is 1. The molecule has 0 heterocycles. The van der Waals surface area contributed by atoms with E-state index in [-0.39, 0.29) is 11.6 Å². The van der Waals surface area contributed by atoms with Gasteiger partial charge in [-0.15, -0.1) is 0 Å². The number of nitrogens with one attached hydrogen (secondary N) is 1. The van der Waals surface area contributed by atoms with E-state index in [1.54, 1.807) is 30.3 Å². The van der Waals surface area contributed by atoms with Gasteiger partial charge in [-0.1, -0.05) is 31.3 Å². The molecule has 0 unspecified atom stereocenters. The second-order valence-corrected chi connectivity index (χ2v) is 2.78. The highest BCUT2D eigenvalue weighted by Gasteiger charge is 2.11. The van der Waals surface area contributed by atoms with Crippen molar-refractivity contribution in [2.75, 3.05) is 0 Å². The van der Waals surface area contributed by atoms with E-state index in [1.807, 2.05) is 0 Å². The van der Waals surface area contributed by atoms with Crippen molar-refractivity contribution in [2.24, 2.45) is 5.73 Å². The molecule has 0 saturated heterocycles. The van der Waals surface area contributed by atoms with E-state index >= 15 is 0 Å². The minimum absolute atomic E-state index is 0.246. The lowest BCUT2D eigenvalue weighted by molar-refractivity contribution is 0.0966. The topological polar surface area (TPSA) is 63.8 Å². The van der Waals surface area contributed by atoms with Crippen molar-refractivity contribution in [1.29, 1.82) is 0 Å². The Balaban J connectivity index is 2.89. The third-order valence-electron chi connectivity index (χ3n) is 1.74. The van der Waals surface area contributed by atoms with Gasteiger partial charge in [-0.05, 0) is 12.1 Å². The molecule has 0 aliphatic rings. The molecule has 1 aromatic carbocycles. The van der Waals surface area contributed by atoms with Crippen LogP contribution in [-0.4, -0.2) is 5.91 Å². The highest BCUT2D eigenvalue weighted by molar-refractivity contribution is 5.95. The molecule has 0 aliphatic carbocycles. The average molecular weight is 212 g/mol. The fourth-order valence-corrected chi connectivity index (χ4v) is 0.971. The minimum Gasteiger partial charge on any atom is -0.374 e. The molecule has 5 nitrogen and oxygen atoms in total. The molecule has 0 aromatic heterocycles. The van der Waals surface area contributed by atoms with Gasteiger partial charge >= 0.3 is 5.91 Å². The molecular weight excluding hydrogens is 204 g/mol. The summed E-state index contributed by atoms with van der Waals surface area (Å²) in [5.41, 5.74) is 5.66. The monoisotopic (exact) mass is 212 g/mol. The molecule has 1 aromatic rings. The Morgan fingerprint density at radius 1 is 1.19 bits per heavy atom. The van der Waals surface area contributed by atoms with E-state index < -0.39 is 5.91 Å². The standard InChI is InChI=1S/C11H8N4O/c1-13-9(12)10(14-2)15-11(16)8-6-4-3-5-7-8/h3-7H,12H2,(H,15,16)/b10-9+. The predicted octanol–water partition coefficient (Wildman–Crippen LogP) is 1.34. The van der Waals surface area contributed by atoms with Gasteiger partial charge < -0.3 is 15.4 Å². The maximum atomic E-state index is 11.6. The second kappa shape index (κ2) is 5.18. The van der Waals surface area contributed by atoms with Crippen LogP contribution in [0, 0.1) is 13.1 Å². The van der Waals surface area contributed by atoms with Gasteiger partial charge in [0, 0.05) is 0 Å². The smallest absolute Gasteiger partial charge is 0.322 e. The summed E-state index contributed by atoms with van der Waals surface area (Å²) in [5, 5.41) is 2.28. The van der Waals surface area contributed by atoms with Crippen LogP contribution < -0.4 is 11.1 Å². The lowest BCUT2D eigenvalue weighted by Crippen LogP contribution is -2.23. The van der Waals surface area contributed by atoms with Crippen LogP contribution in [0.4, 0.5) is 0 Å². The zero-order valence-corrected chi connectivity index (χ0v) is 8.27. The van der Waals surface area contributed by atoms with Crippen LogP contribution in [0.1, 0.15) is 10.4 Å². The van der Waals surface area contributed by atoms with E-state index in [9.17, 15) is 4.79 Å². The number of nitrogens with two attached hydrogens (primary N) is 1. The normalized spacial score (nSPS) is 10.6. The number of rotatable bonds is 2. The first-order valence-corrected chi connectivity index (χ1v) is 4.30. The van der Waals surface area contributed by atoms with E-state index in [2.05, 4.69) is 15.0 Å². The van der Waals surface area contributed by atoms with E-state index in [1.165, 1.54) is 0 Å². The molecule has 78 valence electrons. The van der Waals surface area contributed by atoms with Crippen LogP contribution in [0.5, 0.6) is 0 Å². The number of carbonyl (C=O) groups is 1. The predicted molar refractivity (Wildman–Crippen MR) is 58.3 cm³/mol. The van der Waals surface area contributed by atoms with Gasteiger partial charge in [0.25, 0.3) is 0 Å². The summed E-state index contributed by atoms with van der Waals surface area (Å²) < 4.78 is 0. The van der Waals surface area contributed by atoms with Gasteiger partial charge in [0.15, 0.2) is 0 Å². The highest BCUT2D eigenvalue weighted by Crippen LogP contribution is 2.03. The van der Waals surface area contributed by atoms with Gasteiger partial charge in [0.2, 0.25) is 11.6 Å². The minimum atomic E-state index is -0.460. The van der Waals surface area contributed by atoms with Crippen LogP contribution in [0.2, 0.25) is 0 Å². The summed E-state index contributed by atoms with van der Waals surface area (Å²) in [5.74, 6) is -1.03. The van der Waals surface area contributed by atoms with Gasteiger partial charge in [0.05, 0.1) is 5.56 Å². The van der Waals surface area contributed by atoms with Crippen molar-refractivity contribution in [1.82, 2.24) is 5.32 Å². The Labute approximate surface area is 92.8 Å². The summed E-state index contributed by atoms with van der Waals surface area (Å²) in [4.78, 5) is 17.5. The van der Waals surface area contributed by atoms with Crippen molar-refractivity contribution in [2.45, 2.75) is 0 Å². The van der Waals surface area contributed by atoms with E-state index in [0.717, 1.165) is 0 Å². The highest BCUT2D eigenvalue weighted by atomic mass is 16.1. The summed E-state index contributed by atoms with van der Waals surface area (Å²) >= 11 is 0. The molecule has 0 bridgehead atoms. The molecule has 5 heteroatoms. The summed E-state index contributed by atoms with van der Waals surface area (Å²) in [7, 11) is 0. The fourth-order valence-electron chi connectivity index (χ4n) is 0.971. The quantitative estimate of drug-likeness (QED) is 0.726. The van der Waals surface area contributed by atoms with Crippen LogP contribution in [0.3, 0.4) is 0 Å². The Hall–Kier alpha value is -2.79. The Bertz CT molecular complexity index is 505. The zero-order valence-electron chi connectivity index (χ0n) is 8.27. The lowest BCUT2D eigenvalue weighted by atomic mass is 10.2. The van der Waals surface area contributed by atoms with Crippen molar-refractivity contribution < 1.29 is 4.79 Å². The molecule has 16 heavy (non-hydrogen) atoms. The number of nitrogens with zero attached hydrogens (tertiary/aromatic N) is 2. The zero-order chi connectivity index (χ0) is 12.0. The van der Waals surface area contributed by atoms with Crippen molar-refractivity contribution >= 4 is 5.91 Å². The molecule has 0 aliphatic heterocycles. The second-order valence-electron chi connectivity index (χ2n) is 2.78. The molecular formula is C11H8N4O. The van der Waals surface area contributed by atoms with Crippen LogP contribution in [-0.2, 0) is 0 Å². The average Bonchev–Trinajstić information content (AvgIpc) is 2.35. The number of hydrogen-bond acceptors (Lipinski definition) is 2. The van der Waals surface area contributed by atoms with Crippen LogP contribution >= 0.6 is 0 Å². The first kappa shape index (κ1) is 11.3. The number of carbonyl (C=O) groups excluding carboxylic acids is 1. The Morgan fingerprint density at radius 3 is 2.31 bits per heavy atom. The molecule has 0 saturated carbocycles. The maximum absolute atomic E-state index is 11.6. The maximum Gasteiger partial charge on any atom is 0.322 e. The number of benzene rings is 1. The van der Waals surface area contributed by atoms with Crippen molar-refractivity contribution in [3.63, 3.8) is 0 Å². The third-order valence-corrected chi connectivity index (χ3v) is 1.74. The summed E-state index contributed by atoms with van der Waals surface area (Å²) in [6, 6.07) is 8.38. The number of hydrogen-bond donors (Lipinski definition) is 2. The Kier molecular flexibility index (Phi) is 3.65. The SMILES string of the molecule is [C-]#[N+]/C(N)=C(\[N+]#[C-])NC(=O)c1ccccc1. The van der Waals surface area contributed by atoms with Gasteiger partial charge in [-0.25, -0.2) is 4.79 Å². The molecule has 0 atom stereocenters. The van der Waals surface area contributed by atoms with Gasteiger partial charge in [0.1, 0.15) is 0 Å². The fraction of sp³-hybridized carbons (Fsp3) is 0. The van der Waals surface area contributed by atoms with Gasteiger partial charge in [-0.2, -0.15) is 0 Å². The molecule has 1 amide bonds. The molecule has 0 spiro atoms. The molecule has 3 N–H and O–H groups in total. The van der Waals surface area contributed by atoms with E-state index in [4.69, 9.17) is 18.9 Å². The molecule has 1 rings (SSSR count). The molecule has 0 radical (unpaired) electrons. The third kappa shape index (κ3) is 2.60. The van der Waals surface area contributed by atoms with Gasteiger partial charge in [-0.3, -0.25) is 5.32 Å². The first-order chi connectivity index (χ1) is 7.69. The van der Waals surface area contributed by atoms with Crippen molar-refractivity contribution in [3.8, 4) is 0 Å². The molecule has 0 fully saturated rings. The summed E-state index contributed by atoms with van der Waals surface area (Å²) in [6.45, 7) is 13.4. The first-order valence-electron chi connectivity index (χ1n) is 4.30. The van der Waals surface area contributed by atoms with Crippen molar-refractivity contribution in [3.05, 3.63) is 70.4 Å². The van der Waals surface area contributed by atoms with Crippen LogP contribution in [0.25, 0.3) is 9.69 Å². The lowest BCUT2D eigenvalue weighted by Gasteiger charge is -2.02. The van der Waals surface area contributed by atoms with Crippen LogP contribution in [0.15, 0.2) is 42.0 Å². The largest absolute Gasteiger partial charge is 0.374 e.